The van der Waals surface area contributed by atoms with E-state index in [1.807, 2.05) is 23.0 Å². The number of aryl methyl sites for hydroxylation is 4. The van der Waals surface area contributed by atoms with Crippen LogP contribution in [0.2, 0.25) is 0 Å². The molecular formula is C20H25IO2. The summed E-state index contributed by atoms with van der Waals surface area (Å²) in [5, 5.41) is 9.91. The molecule has 0 aliphatic rings. The fraction of sp³-hybridized carbons (Fsp3) is 0.400. The smallest absolute Gasteiger partial charge is 0.109 e. The number of aliphatic hydroxyl groups is 1. The van der Waals surface area contributed by atoms with Gasteiger partial charge in [0.1, 0.15) is 23.0 Å². The molecule has 0 amide bonds. The second-order valence-corrected chi connectivity index (χ2v) is 7.01. The molecule has 2 rings (SSSR count). The molecule has 23 heavy (non-hydrogen) atoms. The van der Waals surface area contributed by atoms with Gasteiger partial charge in [-0.2, -0.15) is 0 Å². The molecule has 124 valence electrons. The van der Waals surface area contributed by atoms with Crippen molar-refractivity contribution in [1.29, 1.82) is 0 Å². The van der Waals surface area contributed by atoms with Gasteiger partial charge in [-0.15, -0.1) is 0 Å². The maximum absolute atomic E-state index is 9.91. The SMILES string of the molecule is Cc1ccc(C(c2ccc(C)c(C)c2)C(CO)COI)cc1C. The van der Waals surface area contributed by atoms with E-state index in [0.717, 1.165) is 0 Å². The van der Waals surface area contributed by atoms with Crippen LogP contribution in [0.5, 0.6) is 0 Å². The highest BCUT2D eigenvalue weighted by Crippen LogP contribution is 2.34. The Balaban J connectivity index is 2.53. The predicted molar refractivity (Wildman–Crippen MR) is 104 cm³/mol. The second-order valence-electron chi connectivity index (χ2n) is 6.38. The maximum atomic E-state index is 9.91. The minimum atomic E-state index is 0.0381. The third kappa shape index (κ3) is 4.34. The van der Waals surface area contributed by atoms with Crippen LogP contribution in [0.15, 0.2) is 36.4 Å². The molecule has 0 aliphatic heterocycles. The third-order valence-electron chi connectivity index (χ3n) is 4.76. The molecule has 2 aromatic rings. The van der Waals surface area contributed by atoms with Crippen LogP contribution in [-0.2, 0) is 3.07 Å². The van der Waals surface area contributed by atoms with Crippen molar-refractivity contribution in [3.05, 3.63) is 69.8 Å². The van der Waals surface area contributed by atoms with Crippen molar-refractivity contribution in [2.45, 2.75) is 33.6 Å². The van der Waals surface area contributed by atoms with E-state index in [9.17, 15) is 5.11 Å². The molecule has 2 nitrogen and oxygen atoms in total. The Morgan fingerprint density at radius 2 is 1.35 bits per heavy atom. The van der Waals surface area contributed by atoms with Gasteiger partial charge in [0.15, 0.2) is 0 Å². The lowest BCUT2D eigenvalue weighted by molar-refractivity contribution is 0.174. The zero-order valence-corrected chi connectivity index (χ0v) is 16.4. The quantitative estimate of drug-likeness (QED) is 0.660. The normalized spacial score (nSPS) is 12.7. The lowest BCUT2D eigenvalue weighted by Crippen LogP contribution is -2.22. The molecule has 0 saturated heterocycles. The molecular weight excluding hydrogens is 399 g/mol. The average Bonchev–Trinajstić information content (AvgIpc) is 2.53. The van der Waals surface area contributed by atoms with Gasteiger partial charge in [0.05, 0.1) is 6.61 Å². The highest BCUT2D eigenvalue weighted by Gasteiger charge is 2.25. The summed E-state index contributed by atoms with van der Waals surface area (Å²) in [7, 11) is 0. The minimum absolute atomic E-state index is 0.0381. The van der Waals surface area contributed by atoms with Crippen LogP contribution in [0.25, 0.3) is 0 Å². The summed E-state index contributed by atoms with van der Waals surface area (Å²) in [6.07, 6.45) is 0. The number of hydrogen-bond donors (Lipinski definition) is 1. The van der Waals surface area contributed by atoms with Crippen molar-refractivity contribution < 1.29 is 8.17 Å². The van der Waals surface area contributed by atoms with Crippen LogP contribution in [0.1, 0.15) is 39.3 Å². The van der Waals surface area contributed by atoms with Gasteiger partial charge in [0.25, 0.3) is 0 Å². The second kappa shape index (κ2) is 8.27. The first kappa shape index (κ1) is 18.4. The topological polar surface area (TPSA) is 29.5 Å². The van der Waals surface area contributed by atoms with Gasteiger partial charge in [0.2, 0.25) is 0 Å². The van der Waals surface area contributed by atoms with E-state index >= 15 is 0 Å². The van der Waals surface area contributed by atoms with Crippen molar-refractivity contribution in [2.75, 3.05) is 13.2 Å². The molecule has 0 heterocycles. The summed E-state index contributed by atoms with van der Waals surface area (Å²) in [5.41, 5.74) is 7.62. The number of halogens is 1. The van der Waals surface area contributed by atoms with Crippen LogP contribution in [0.4, 0.5) is 0 Å². The summed E-state index contributed by atoms with van der Waals surface area (Å²) in [5.74, 6) is 0.171. The van der Waals surface area contributed by atoms with E-state index in [1.54, 1.807) is 0 Å². The van der Waals surface area contributed by atoms with Crippen LogP contribution >= 0.6 is 23.0 Å². The Bertz CT molecular complexity index is 615. The summed E-state index contributed by atoms with van der Waals surface area (Å²) >= 11 is 1.91. The van der Waals surface area contributed by atoms with Gasteiger partial charge in [-0.05, 0) is 61.1 Å². The number of aliphatic hydroxyl groups excluding tert-OH is 1. The lowest BCUT2D eigenvalue weighted by Gasteiger charge is -2.27. The molecule has 0 aliphatic carbocycles. The summed E-state index contributed by atoms with van der Waals surface area (Å²) < 4.78 is 5.34. The highest BCUT2D eigenvalue weighted by molar-refractivity contribution is 14.1. The first-order valence-corrected chi connectivity index (χ1v) is 8.84. The first-order valence-electron chi connectivity index (χ1n) is 7.96. The van der Waals surface area contributed by atoms with E-state index in [0.29, 0.717) is 6.61 Å². The van der Waals surface area contributed by atoms with Gasteiger partial charge in [-0.3, -0.25) is 0 Å². The molecule has 1 atom stereocenters. The monoisotopic (exact) mass is 424 g/mol. The van der Waals surface area contributed by atoms with Gasteiger partial charge in [0, 0.05) is 18.4 Å². The van der Waals surface area contributed by atoms with Gasteiger partial charge >= 0.3 is 0 Å². The summed E-state index contributed by atoms with van der Waals surface area (Å²) in [4.78, 5) is 0. The first-order chi connectivity index (χ1) is 11.0. The molecule has 0 fully saturated rings. The molecule has 0 aromatic heterocycles. The fourth-order valence-corrected chi connectivity index (χ4v) is 3.45. The van der Waals surface area contributed by atoms with Crippen molar-refractivity contribution in [3.63, 3.8) is 0 Å². The molecule has 0 saturated carbocycles. The predicted octanol–water partition coefficient (Wildman–Crippen LogP) is 5.03. The number of benzene rings is 2. The molecule has 1 N–H and O–H groups in total. The van der Waals surface area contributed by atoms with Crippen molar-refractivity contribution >= 4 is 23.0 Å². The molecule has 1 unspecified atom stereocenters. The van der Waals surface area contributed by atoms with Crippen molar-refractivity contribution in [3.8, 4) is 0 Å². The van der Waals surface area contributed by atoms with E-state index in [1.165, 1.54) is 33.4 Å². The minimum Gasteiger partial charge on any atom is -0.396 e. The van der Waals surface area contributed by atoms with Crippen molar-refractivity contribution in [2.24, 2.45) is 5.92 Å². The van der Waals surface area contributed by atoms with Gasteiger partial charge < -0.3 is 8.17 Å². The largest absolute Gasteiger partial charge is 0.396 e. The van der Waals surface area contributed by atoms with E-state index in [4.69, 9.17) is 3.07 Å². The Labute approximate surface area is 153 Å². The zero-order valence-electron chi connectivity index (χ0n) is 14.3. The Hall–Kier alpha value is -0.910. The zero-order chi connectivity index (χ0) is 17.0. The molecule has 0 spiro atoms. The Morgan fingerprint density at radius 3 is 1.70 bits per heavy atom. The highest BCUT2D eigenvalue weighted by atomic mass is 127. The van der Waals surface area contributed by atoms with Gasteiger partial charge in [-0.25, -0.2) is 0 Å². The number of hydrogen-bond acceptors (Lipinski definition) is 2. The van der Waals surface area contributed by atoms with Crippen LogP contribution in [-0.4, -0.2) is 18.3 Å². The van der Waals surface area contributed by atoms with Crippen molar-refractivity contribution in [1.82, 2.24) is 0 Å². The van der Waals surface area contributed by atoms with E-state index in [-0.39, 0.29) is 18.4 Å². The van der Waals surface area contributed by atoms with Crippen LogP contribution in [0, 0.1) is 33.6 Å². The standard InChI is InChI=1S/C20H25IO2/c1-13-5-7-17(9-15(13)3)20(19(11-22)12-23-21)18-8-6-14(2)16(4)10-18/h5-10,19-20,22H,11-12H2,1-4H3. The Kier molecular flexibility index (Phi) is 6.62. The Morgan fingerprint density at radius 1 is 0.870 bits per heavy atom. The maximum Gasteiger partial charge on any atom is 0.109 e. The van der Waals surface area contributed by atoms with E-state index in [2.05, 4.69) is 64.1 Å². The molecule has 0 bridgehead atoms. The molecule has 0 radical (unpaired) electrons. The number of rotatable bonds is 6. The molecule has 2 aromatic carbocycles. The lowest BCUT2D eigenvalue weighted by atomic mass is 9.80. The van der Waals surface area contributed by atoms with Crippen LogP contribution in [0.3, 0.4) is 0 Å². The summed E-state index contributed by atoms with van der Waals surface area (Å²) in [6.45, 7) is 9.16. The van der Waals surface area contributed by atoms with E-state index < -0.39 is 0 Å². The van der Waals surface area contributed by atoms with Crippen LogP contribution < -0.4 is 0 Å². The van der Waals surface area contributed by atoms with Gasteiger partial charge in [-0.1, -0.05) is 36.4 Å². The summed E-state index contributed by atoms with van der Waals surface area (Å²) in [6, 6.07) is 13.2. The third-order valence-corrected chi connectivity index (χ3v) is 5.12. The molecule has 3 heteroatoms. The fourth-order valence-electron chi connectivity index (χ4n) is 2.99. The average molecular weight is 424 g/mol.